The number of nitrogens with two attached hydrogens (primary N) is 1. The third-order valence-electron chi connectivity index (χ3n) is 7.65. The van der Waals surface area contributed by atoms with Gasteiger partial charge in [0.05, 0.1) is 35.6 Å². The van der Waals surface area contributed by atoms with E-state index in [1.54, 1.807) is 17.6 Å². The van der Waals surface area contributed by atoms with Crippen LogP contribution >= 0.6 is 12.4 Å². The summed E-state index contributed by atoms with van der Waals surface area (Å²) in [6.07, 6.45) is 2.61. The molecule has 1 aromatic carbocycles. The Bertz CT molecular complexity index is 1520. The van der Waals surface area contributed by atoms with Crippen LogP contribution in [0.2, 0.25) is 0 Å². The van der Waals surface area contributed by atoms with Gasteiger partial charge in [-0.3, -0.25) is 9.59 Å². The molecule has 0 bridgehead atoms. The highest BCUT2D eigenvalue weighted by molar-refractivity contribution is 5.90. The molecule has 0 unspecified atom stereocenters. The first-order valence-electron chi connectivity index (χ1n) is 13.5. The van der Waals surface area contributed by atoms with E-state index in [4.69, 9.17) is 20.2 Å². The molecule has 4 heterocycles. The number of carbonyl (C=O) groups is 2. The summed E-state index contributed by atoms with van der Waals surface area (Å²) in [6.45, 7) is 5.45. The summed E-state index contributed by atoms with van der Waals surface area (Å²) < 4.78 is 12.8. The van der Waals surface area contributed by atoms with E-state index in [1.165, 1.54) is 0 Å². The average molecular weight is 571 g/mol. The summed E-state index contributed by atoms with van der Waals surface area (Å²) in [6, 6.07) is 7.47. The molecule has 0 aliphatic carbocycles. The van der Waals surface area contributed by atoms with Crippen molar-refractivity contribution in [1.29, 1.82) is 0 Å². The maximum Gasteiger partial charge on any atom is 0.343 e. The zero-order valence-corrected chi connectivity index (χ0v) is 23.6. The lowest BCUT2D eigenvalue weighted by molar-refractivity contribution is -0.172. The van der Waals surface area contributed by atoms with Crippen molar-refractivity contribution in [2.45, 2.75) is 64.7 Å². The Kier molecular flexibility index (Phi) is 8.82. The topological polar surface area (TPSA) is 146 Å². The first-order chi connectivity index (χ1) is 18.8. The zero-order chi connectivity index (χ0) is 27.7. The van der Waals surface area contributed by atoms with Gasteiger partial charge in [0.1, 0.15) is 12.4 Å². The Labute approximate surface area is 238 Å². The number of nitrogens with zero attached hydrogens (tertiary/aromatic N) is 2. The van der Waals surface area contributed by atoms with Crippen LogP contribution in [0.1, 0.15) is 61.8 Å². The van der Waals surface area contributed by atoms with Crippen molar-refractivity contribution in [2.75, 3.05) is 19.7 Å². The number of carbonyl (C=O) groups excluding carboxylic acids is 2. The van der Waals surface area contributed by atoms with Gasteiger partial charge in [-0.2, -0.15) is 0 Å². The van der Waals surface area contributed by atoms with Crippen LogP contribution in [0.15, 0.2) is 29.1 Å². The normalized spacial score (nSPS) is 16.9. The van der Waals surface area contributed by atoms with Crippen molar-refractivity contribution >= 4 is 35.2 Å². The molecule has 214 valence electrons. The summed E-state index contributed by atoms with van der Waals surface area (Å²) >= 11 is 0. The van der Waals surface area contributed by atoms with Gasteiger partial charge in [-0.1, -0.05) is 13.8 Å². The fourth-order valence-corrected chi connectivity index (χ4v) is 5.48. The molecule has 0 radical (unpaired) electrons. The fraction of sp³-hybridized carbons (Fsp3) is 0.448. The summed E-state index contributed by atoms with van der Waals surface area (Å²) in [5.74, 6) is -0.0272. The number of aromatic nitrogens is 2. The third kappa shape index (κ3) is 5.07. The van der Waals surface area contributed by atoms with Crippen LogP contribution in [0.25, 0.3) is 22.3 Å². The molecule has 10 nitrogen and oxygen atoms in total. The number of hydrogen-bond acceptors (Lipinski definition) is 8. The van der Waals surface area contributed by atoms with E-state index < -0.39 is 11.6 Å². The molecule has 0 spiro atoms. The number of rotatable bonds is 10. The Morgan fingerprint density at radius 2 is 2.02 bits per heavy atom. The van der Waals surface area contributed by atoms with Gasteiger partial charge >= 0.3 is 5.97 Å². The second-order valence-electron chi connectivity index (χ2n) is 10.00. The van der Waals surface area contributed by atoms with Gasteiger partial charge in [0.25, 0.3) is 5.56 Å². The Hall–Kier alpha value is -3.47. The number of hydrogen-bond donors (Lipinski definition) is 3. The number of amides is 1. The van der Waals surface area contributed by atoms with Crippen LogP contribution < -0.4 is 21.3 Å². The molecule has 5 rings (SSSR count). The van der Waals surface area contributed by atoms with Gasteiger partial charge in [0.2, 0.25) is 5.91 Å². The number of cyclic esters (lactones) is 1. The highest BCUT2D eigenvalue weighted by atomic mass is 35.5. The number of aliphatic hydroxyl groups is 1. The maximum absolute atomic E-state index is 13.5. The van der Waals surface area contributed by atoms with Crippen LogP contribution in [-0.4, -0.2) is 46.2 Å². The Morgan fingerprint density at radius 3 is 2.75 bits per heavy atom. The number of aryl methyl sites for hydroxylation is 1. The lowest BCUT2D eigenvalue weighted by Crippen LogP contribution is -2.44. The van der Waals surface area contributed by atoms with Crippen molar-refractivity contribution in [3.05, 3.63) is 56.9 Å². The van der Waals surface area contributed by atoms with Gasteiger partial charge in [0, 0.05) is 29.5 Å². The Morgan fingerprint density at radius 1 is 1.23 bits per heavy atom. The number of ether oxygens (including phenoxy) is 2. The molecule has 11 heteroatoms. The minimum Gasteiger partial charge on any atom is -0.494 e. The first-order valence-corrected chi connectivity index (χ1v) is 13.5. The second-order valence-corrected chi connectivity index (χ2v) is 10.00. The monoisotopic (exact) mass is 570 g/mol. The highest BCUT2D eigenvalue weighted by Gasteiger charge is 2.45. The zero-order valence-electron chi connectivity index (χ0n) is 22.7. The SMILES string of the molecule is CCc1c2c(nc3ccc(OCCCNC(=O)CCCN)cc13)-c1cc3c(c(=O)n1C2)COC(=O)[C@]3(O)CC.Cl. The first kappa shape index (κ1) is 29.5. The third-order valence-corrected chi connectivity index (χ3v) is 7.65. The Balaban J connectivity index is 0.00000370. The van der Waals surface area contributed by atoms with Crippen molar-refractivity contribution in [3.8, 4) is 17.1 Å². The van der Waals surface area contributed by atoms with E-state index in [2.05, 4.69) is 12.2 Å². The number of nitrogens with one attached hydrogen (secondary N) is 1. The molecule has 1 amide bonds. The molecular formula is C29H35ClN4O6. The molecule has 0 saturated heterocycles. The van der Waals surface area contributed by atoms with Gasteiger partial charge < -0.3 is 30.2 Å². The fourth-order valence-electron chi connectivity index (χ4n) is 5.48. The molecule has 2 aliphatic heterocycles. The predicted molar refractivity (Wildman–Crippen MR) is 153 cm³/mol. The van der Waals surface area contributed by atoms with E-state index in [9.17, 15) is 19.5 Å². The van der Waals surface area contributed by atoms with Gasteiger partial charge in [-0.15, -0.1) is 12.4 Å². The van der Waals surface area contributed by atoms with Gasteiger partial charge in [-0.25, -0.2) is 9.78 Å². The molecule has 1 atom stereocenters. The highest BCUT2D eigenvalue weighted by Crippen LogP contribution is 2.40. The van der Waals surface area contributed by atoms with E-state index >= 15 is 0 Å². The van der Waals surface area contributed by atoms with E-state index in [-0.39, 0.29) is 36.9 Å². The summed E-state index contributed by atoms with van der Waals surface area (Å²) in [7, 11) is 0. The predicted octanol–water partition coefficient (Wildman–Crippen LogP) is 2.69. The summed E-state index contributed by atoms with van der Waals surface area (Å²) in [5, 5.41) is 14.9. The number of esters is 1. The number of pyridine rings is 2. The van der Waals surface area contributed by atoms with Crippen LogP contribution in [0.4, 0.5) is 0 Å². The summed E-state index contributed by atoms with van der Waals surface area (Å²) in [5.41, 5.74) is 8.02. The molecular weight excluding hydrogens is 536 g/mol. The average Bonchev–Trinajstić information content (AvgIpc) is 3.31. The van der Waals surface area contributed by atoms with Crippen molar-refractivity contribution in [3.63, 3.8) is 0 Å². The van der Waals surface area contributed by atoms with Crippen LogP contribution in [0.5, 0.6) is 5.75 Å². The van der Waals surface area contributed by atoms with Crippen molar-refractivity contribution < 1.29 is 24.2 Å². The minimum absolute atomic E-state index is 0. The van der Waals surface area contributed by atoms with E-state index in [1.807, 2.05) is 18.2 Å². The maximum atomic E-state index is 13.5. The second kappa shape index (κ2) is 12.0. The van der Waals surface area contributed by atoms with Crippen molar-refractivity contribution in [2.24, 2.45) is 5.73 Å². The van der Waals surface area contributed by atoms with E-state index in [0.717, 1.165) is 28.5 Å². The standard InChI is InChI=1S/C29H34N4O6.ClH/c1-3-18-19-13-17(38-12-6-11-31-25(34)7-5-10-30)8-9-23(19)32-26-20(18)15-33-24(26)14-22-21(27(33)35)16-39-28(36)29(22,37)4-2;/h8-9,13-14,37H,3-7,10-12,15-16,30H2,1-2H3,(H,31,34);1H/t29-;/m0./s1. The number of halogens is 1. The molecule has 3 aromatic rings. The van der Waals surface area contributed by atoms with Crippen LogP contribution in [-0.2, 0) is 39.5 Å². The molecule has 40 heavy (non-hydrogen) atoms. The lowest BCUT2D eigenvalue weighted by atomic mass is 9.86. The van der Waals surface area contributed by atoms with Crippen LogP contribution in [0.3, 0.4) is 0 Å². The van der Waals surface area contributed by atoms with E-state index in [0.29, 0.717) is 73.8 Å². The minimum atomic E-state index is -1.85. The van der Waals surface area contributed by atoms with Crippen LogP contribution in [0, 0.1) is 0 Å². The molecule has 4 N–H and O–H groups in total. The summed E-state index contributed by atoms with van der Waals surface area (Å²) in [4.78, 5) is 42.5. The number of benzene rings is 1. The molecule has 2 aromatic heterocycles. The van der Waals surface area contributed by atoms with Gasteiger partial charge in [-0.05, 0) is 62.1 Å². The van der Waals surface area contributed by atoms with Crippen molar-refractivity contribution in [1.82, 2.24) is 14.9 Å². The molecule has 2 aliphatic rings. The van der Waals surface area contributed by atoms with Gasteiger partial charge in [0.15, 0.2) is 5.60 Å². The number of fused-ring (bicyclic) bond motifs is 5. The lowest BCUT2D eigenvalue weighted by Gasteiger charge is -2.31. The molecule has 0 fully saturated rings. The molecule has 0 saturated carbocycles. The smallest absolute Gasteiger partial charge is 0.343 e. The quantitative estimate of drug-likeness (QED) is 0.195. The largest absolute Gasteiger partial charge is 0.494 e.